The van der Waals surface area contributed by atoms with Gasteiger partial charge in [0.2, 0.25) is 0 Å². The zero-order valence-corrected chi connectivity index (χ0v) is 12.0. The van der Waals surface area contributed by atoms with Crippen molar-refractivity contribution in [2.24, 2.45) is 0 Å². The van der Waals surface area contributed by atoms with E-state index in [0.29, 0.717) is 0 Å². The van der Waals surface area contributed by atoms with Crippen molar-refractivity contribution in [1.29, 1.82) is 0 Å². The second-order valence-electron chi connectivity index (χ2n) is 4.21. The molecule has 0 atom stereocenters. The van der Waals surface area contributed by atoms with Crippen LogP contribution < -0.4 is 14.4 Å². The first kappa shape index (κ1) is 14.7. The molecule has 1 rings (SSSR count). The number of rotatable bonds is 8. The summed E-state index contributed by atoms with van der Waals surface area (Å²) in [7, 11) is 1.71. The van der Waals surface area contributed by atoms with E-state index in [2.05, 4.69) is 31.7 Å². The number of hydrogen-bond donors (Lipinski definition) is 0. The molecule has 3 heteroatoms. The number of ether oxygens (including phenoxy) is 2. The molecule has 0 saturated carbocycles. The highest BCUT2D eigenvalue weighted by Gasteiger charge is 2.10. The predicted molar refractivity (Wildman–Crippen MR) is 77.0 cm³/mol. The molecule has 0 spiro atoms. The Morgan fingerprint density at radius 3 is 2.39 bits per heavy atom. The molecule has 1 aromatic carbocycles. The van der Waals surface area contributed by atoms with Crippen LogP contribution in [0.5, 0.6) is 11.5 Å². The van der Waals surface area contributed by atoms with Crippen molar-refractivity contribution in [3.63, 3.8) is 0 Å². The van der Waals surface area contributed by atoms with Crippen LogP contribution in [0.15, 0.2) is 18.2 Å². The average Bonchev–Trinajstić information content (AvgIpc) is 2.41. The Balaban J connectivity index is 2.87. The number of hydrogen-bond acceptors (Lipinski definition) is 3. The van der Waals surface area contributed by atoms with Crippen LogP contribution in [-0.2, 0) is 0 Å². The van der Waals surface area contributed by atoms with Crippen molar-refractivity contribution in [3.05, 3.63) is 18.2 Å². The van der Waals surface area contributed by atoms with Crippen molar-refractivity contribution in [1.82, 2.24) is 0 Å². The highest BCUT2D eigenvalue weighted by Crippen LogP contribution is 2.32. The van der Waals surface area contributed by atoms with Gasteiger partial charge < -0.3 is 14.4 Å². The molecule has 102 valence electrons. The summed E-state index contributed by atoms with van der Waals surface area (Å²) in [6.07, 6.45) is 2.24. The standard InChI is InChI=1S/C15H25NO2/c1-5-8-11-18-13-9-10-15(17-4)14(12-13)16(6-2)7-3/h9-10,12H,5-8,11H2,1-4H3. The zero-order valence-electron chi connectivity index (χ0n) is 12.0. The molecule has 0 aliphatic carbocycles. The van der Waals surface area contributed by atoms with E-state index in [1.54, 1.807) is 7.11 Å². The summed E-state index contributed by atoms with van der Waals surface area (Å²) in [4.78, 5) is 2.27. The summed E-state index contributed by atoms with van der Waals surface area (Å²) in [5.41, 5.74) is 1.11. The zero-order chi connectivity index (χ0) is 13.4. The van der Waals surface area contributed by atoms with Crippen LogP contribution in [0.3, 0.4) is 0 Å². The number of anilines is 1. The van der Waals surface area contributed by atoms with Crippen molar-refractivity contribution in [2.75, 3.05) is 31.7 Å². The second kappa shape index (κ2) is 7.85. The number of benzene rings is 1. The van der Waals surface area contributed by atoms with Gasteiger partial charge in [0, 0.05) is 19.2 Å². The van der Waals surface area contributed by atoms with Crippen LogP contribution >= 0.6 is 0 Å². The first-order valence-electron chi connectivity index (χ1n) is 6.82. The third-order valence-corrected chi connectivity index (χ3v) is 3.02. The van der Waals surface area contributed by atoms with E-state index in [1.165, 1.54) is 0 Å². The predicted octanol–water partition coefficient (Wildman–Crippen LogP) is 3.72. The fraction of sp³-hybridized carbons (Fsp3) is 0.600. The third-order valence-electron chi connectivity index (χ3n) is 3.02. The Labute approximate surface area is 111 Å². The quantitative estimate of drug-likeness (QED) is 0.657. The van der Waals surface area contributed by atoms with E-state index in [1.807, 2.05) is 12.1 Å². The topological polar surface area (TPSA) is 21.7 Å². The van der Waals surface area contributed by atoms with Gasteiger partial charge in [-0.15, -0.1) is 0 Å². The van der Waals surface area contributed by atoms with Crippen LogP contribution in [0.1, 0.15) is 33.6 Å². The van der Waals surface area contributed by atoms with Gasteiger partial charge in [0.05, 0.1) is 19.4 Å². The van der Waals surface area contributed by atoms with Gasteiger partial charge in [0.25, 0.3) is 0 Å². The molecule has 3 nitrogen and oxygen atoms in total. The van der Waals surface area contributed by atoms with Gasteiger partial charge in [0.15, 0.2) is 0 Å². The van der Waals surface area contributed by atoms with Crippen molar-refractivity contribution in [2.45, 2.75) is 33.6 Å². The molecule has 0 fully saturated rings. The Kier molecular flexibility index (Phi) is 6.40. The Bertz CT molecular complexity index is 348. The Hall–Kier alpha value is -1.38. The highest BCUT2D eigenvalue weighted by molar-refractivity contribution is 5.61. The van der Waals surface area contributed by atoms with Gasteiger partial charge in [-0.2, -0.15) is 0 Å². The van der Waals surface area contributed by atoms with Crippen LogP contribution in [0, 0.1) is 0 Å². The van der Waals surface area contributed by atoms with E-state index in [-0.39, 0.29) is 0 Å². The molecule has 0 bridgehead atoms. The summed E-state index contributed by atoms with van der Waals surface area (Å²) < 4.78 is 11.2. The number of methoxy groups -OCH3 is 1. The SMILES string of the molecule is CCCCOc1ccc(OC)c(N(CC)CC)c1. The van der Waals surface area contributed by atoms with Crippen LogP contribution in [0.2, 0.25) is 0 Å². The molecular formula is C15H25NO2. The fourth-order valence-corrected chi connectivity index (χ4v) is 1.91. The van der Waals surface area contributed by atoms with E-state index in [0.717, 1.165) is 49.7 Å². The molecule has 0 aliphatic heterocycles. The summed E-state index contributed by atoms with van der Waals surface area (Å²) in [5.74, 6) is 1.83. The number of nitrogens with zero attached hydrogens (tertiary/aromatic N) is 1. The maximum absolute atomic E-state index is 5.74. The lowest BCUT2D eigenvalue weighted by atomic mass is 10.2. The molecule has 0 N–H and O–H groups in total. The van der Waals surface area contributed by atoms with E-state index < -0.39 is 0 Å². The van der Waals surface area contributed by atoms with Gasteiger partial charge in [-0.1, -0.05) is 13.3 Å². The summed E-state index contributed by atoms with van der Waals surface area (Å²) >= 11 is 0. The molecule has 0 amide bonds. The largest absolute Gasteiger partial charge is 0.495 e. The molecule has 0 unspecified atom stereocenters. The van der Waals surface area contributed by atoms with Gasteiger partial charge in [-0.05, 0) is 32.4 Å². The minimum absolute atomic E-state index is 0.778. The van der Waals surface area contributed by atoms with Crippen molar-refractivity contribution < 1.29 is 9.47 Å². The van der Waals surface area contributed by atoms with Gasteiger partial charge in [-0.3, -0.25) is 0 Å². The minimum atomic E-state index is 0.778. The average molecular weight is 251 g/mol. The first-order chi connectivity index (χ1) is 8.76. The lowest BCUT2D eigenvalue weighted by Gasteiger charge is -2.24. The Morgan fingerprint density at radius 1 is 1.11 bits per heavy atom. The van der Waals surface area contributed by atoms with Crippen molar-refractivity contribution >= 4 is 5.69 Å². The molecule has 0 saturated heterocycles. The van der Waals surface area contributed by atoms with Crippen molar-refractivity contribution in [3.8, 4) is 11.5 Å². The van der Waals surface area contributed by atoms with E-state index in [9.17, 15) is 0 Å². The van der Waals surface area contributed by atoms with Crippen LogP contribution in [0.25, 0.3) is 0 Å². The first-order valence-corrected chi connectivity index (χ1v) is 6.82. The van der Waals surface area contributed by atoms with Gasteiger partial charge in [0.1, 0.15) is 11.5 Å². The molecule has 1 aromatic rings. The molecule has 0 aromatic heterocycles. The smallest absolute Gasteiger partial charge is 0.142 e. The monoisotopic (exact) mass is 251 g/mol. The highest BCUT2D eigenvalue weighted by atomic mass is 16.5. The molecular weight excluding hydrogens is 226 g/mol. The summed E-state index contributed by atoms with van der Waals surface area (Å²) in [5, 5.41) is 0. The minimum Gasteiger partial charge on any atom is -0.495 e. The van der Waals surface area contributed by atoms with E-state index >= 15 is 0 Å². The summed E-state index contributed by atoms with van der Waals surface area (Å²) in [6, 6.07) is 6.03. The maximum atomic E-state index is 5.74. The molecule has 18 heavy (non-hydrogen) atoms. The summed E-state index contributed by atoms with van der Waals surface area (Å²) in [6.45, 7) is 9.16. The molecule has 0 heterocycles. The van der Waals surface area contributed by atoms with Crippen LogP contribution in [0.4, 0.5) is 5.69 Å². The maximum Gasteiger partial charge on any atom is 0.142 e. The molecule has 0 aliphatic rings. The normalized spacial score (nSPS) is 10.2. The van der Waals surface area contributed by atoms with E-state index in [4.69, 9.17) is 9.47 Å². The Morgan fingerprint density at radius 2 is 1.83 bits per heavy atom. The third kappa shape index (κ3) is 3.83. The fourth-order valence-electron chi connectivity index (χ4n) is 1.91. The number of unbranched alkanes of at least 4 members (excludes halogenated alkanes) is 1. The second-order valence-corrected chi connectivity index (χ2v) is 4.21. The van der Waals surface area contributed by atoms with Gasteiger partial charge in [-0.25, -0.2) is 0 Å². The van der Waals surface area contributed by atoms with Gasteiger partial charge >= 0.3 is 0 Å². The lowest BCUT2D eigenvalue weighted by molar-refractivity contribution is 0.308. The van der Waals surface area contributed by atoms with Crippen LogP contribution in [-0.4, -0.2) is 26.8 Å². The molecule has 0 radical (unpaired) electrons. The lowest BCUT2D eigenvalue weighted by Crippen LogP contribution is -2.22.